The minimum absolute atomic E-state index is 0.0193. The smallest absolute Gasteiger partial charge is 0.257 e. The number of rotatable bonds is 5. The molecule has 0 saturated carbocycles. The van der Waals surface area contributed by atoms with Crippen LogP contribution in [-0.2, 0) is 16.0 Å². The summed E-state index contributed by atoms with van der Waals surface area (Å²) in [5.41, 5.74) is 1.60. The number of carbonyl (C=O) groups excluding carboxylic acids is 3. The third kappa shape index (κ3) is 7.67. The first kappa shape index (κ1) is 29.7. The summed E-state index contributed by atoms with van der Waals surface area (Å²) in [5.74, 6) is -1.41. The number of halogens is 1. The first-order valence-electron chi connectivity index (χ1n) is 14.3. The van der Waals surface area contributed by atoms with Gasteiger partial charge >= 0.3 is 0 Å². The van der Waals surface area contributed by atoms with Crippen molar-refractivity contribution in [2.75, 3.05) is 32.7 Å². The van der Waals surface area contributed by atoms with E-state index in [4.69, 9.17) is 0 Å². The van der Waals surface area contributed by atoms with Crippen LogP contribution in [0.5, 0.6) is 0 Å². The number of aliphatic hydroxyl groups excluding tert-OH is 1. The number of nitrogens with zero attached hydrogens (tertiary/aromatic N) is 2. The van der Waals surface area contributed by atoms with Crippen LogP contribution in [0, 0.1) is 11.7 Å². The third-order valence-electron chi connectivity index (χ3n) is 7.90. The van der Waals surface area contributed by atoms with Crippen LogP contribution < -0.4 is 10.6 Å². The van der Waals surface area contributed by atoms with Crippen LogP contribution in [0.15, 0.2) is 48.5 Å². The van der Waals surface area contributed by atoms with Crippen molar-refractivity contribution >= 4 is 17.7 Å². The average molecular weight is 553 g/mol. The van der Waals surface area contributed by atoms with E-state index in [1.54, 1.807) is 12.1 Å². The summed E-state index contributed by atoms with van der Waals surface area (Å²) in [6, 6.07) is 13.0. The SMILES string of the molecule is CC(C)[C@@H]1CN(CC[C@@H](O)c2ccccc2)CC(=O)NCCCc2ccc(F)c(c2)C(=O)N2CCC[C@H]2C(=O)N1. The molecule has 1 fully saturated rings. The zero-order valence-corrected chi connectivity index (χ0v) is 23.4. The number of nitrogens with one attached hydrogen (secondary N) is 2. The molecule has 216 valence electrons. The first-order valence-corrected chi connectivity index (χ1v) is 14.3. The molecule has 3 atom stereocenters. The van der Waals surface area contributed by atoms with Crippen molar-refractivity contribution in [1.82, 2.24) is 20.4 Å². The second kappa shape index (κ2) is 13.9. The fourth-order valence-electron chi connectivity index (χ4n) is 5.47. The van der Waals surface area contributed by atoms with Crippen LogP contribution in [0.25, 0.3) is 0 Å². The number of benzene rings is 2. The average Bonchev–Trinajstić information content (AvgIpc) is 3.44. The number of amides is 3. The van der Waals surface area contributed by atoms with Gasteiger partial charge in [0.05, 0.1) is 18.2 Å². The summed E-state index contributed by atoms with van der Waals surface area (Å²) < 4.78 is 14.7. The molecule has 2 aliphatic heterocycles. The van der Waals surface area contributed by atoms with Gasteiger partial charge in [-0.05, 0) is 61.3 Å². The van der Waals surface area contributed by atoms with E-state index in [-0.39, 0.29) is 35.9 Å². The fourth-order valence-corrected chi connectivity index (χ4v) is 5.47. The maximum atomic E-state index is 14.7. The molecule has 0 aromatic heterocycles. The topological polar surface area (TPSA) is 102 Å². The van der Waals surface area contributed by atoms with Gasteiger partial charge in [0.2, 0.25) is 11.8 Å². The molecule has 9 heteroatoms. The molecule has 2 aliphatic rings. The first-order chi connectivity index (χ1) is 19.2. The van der Waals surface area contributed by atoms with Gasteiger partial charge < -0.3 is 20.6 Å². The Bertz CT molecular complexity index is 1180. The van der Waals surface area contributed by atoms with Gasteiger partial charge in [0.15, 0.2) is 0 Å². The Kier molecular flexibility index (Phi) is 10.3. The summed E-state index contributed by atoms with van der Waals surface area (Å²) in [4.78, 5) is 43.3. The Morgan fingerprint density at radius 1 is 1.07 bits per heavy atom. The van der Waals surface area contributed by atoms with Crippen molar-refractivity contribution in [3.8, 4) is 0 Å². The third-order valence-corrected chi connectivity index (χ3v) is 7.90. The van der Waals surface area contributed by atoms with E-state index in [0.29, 0.717) is 58.3 Å². The van der Waals surface area contributed by atoms with Gasteiger partial charge in [-0.15, -0.1) is 0 Å². The Labute approximate surface area is 235 Å². The van der Waals surface area contributed by atoms with Crippen molar-refractivity contribution < 1.29 is 23.9 Å². The molecule has 3 N–H and O–H groups in total. The molecule has 0 radical (unpaired) electrons. The number of hydrogen-bond acceptors (Lipinski definition) is 5. The Balaban J connectivity index is 1.55. The fraction of sp³-hybridized carbons (Fsp3) is 0.516. The molecule has 2 bridgehead atoms. The molecule has 8 nitrogen and oxygen atoms in total. The number of aryl methyl sites for hydroxylation is 1. The highest BCUT2D eigenvalue weighted by Crippen LogP contribution is 2.24. The molecule has 0 aliphatic carbocycles. The lowest BCUT2D eigenvalue weighted by Crippen LogP contribution is -2.54. The monoisotopic (exact) mass is 552 g/mol. The molecule has 0 unspecified atom stereocenters. The molecule has 0 spiro atoms. The van der Waals surface area contributed by atoms with Gasteiger partial charge in [0.1, 0.15) is 11.9 Å². The van der Waals surface area contributed by atoms with Crippen molar-refractivity contribution in [3.05, 3.63) is 71.0 Å². The lowest BCUT2D eigenvalue weighted by atomic mass is 10.0. The van der Waals surface area contributed by atoms with Crippen LogP contribution in [0.2, 0.25) is 0 Å². The quantitative estimate of drug-likeness (QED) is 0.529. The molecule has 1 saturated heterocycles. The van der Waals surface area contributed by atoms with E-state index < -0.39 is 23.9 Å². The van der Waals surface area contributed by atoms with Crippen molar-refractivity contribution in [2.45, 2.75) is 64.1 Å². The predicted molar refractivity (Wildman–Crippen MR) is 151 cm³/mol. The zero-order chi connectivity index (χ0) is 28.6. The van der Waals surface area contributed by atoms with Crippen LogP contribution in [0.4, 0.5) is 4.39 Å². The molecule has 2 heterocycles. The van der Waals surface area contributed by atoms with Crippen molar-refractivity contribution in [2.24, 2.45) is 5.92 Å². The molecular formula is C31H41FN4O4. The highest BCUT2D eigenvalue weighted by molar-refractivity contribution is 5.98. The van der Waals surface area contributed by atoms with Gasteiger partial charge in [-0.2, -0.15) is 0 Å². The van der Waals surface area contributed by atoms with E-state index in [1.165, 1.54) is 11.0 Å². The lowest BCUT2D eigenvalue weighted by molar-refractivity contribution is -0.126. The van der Waals surface area contributed by atoms with Crippen LogP contribution in [-0.4, -0.2) is 77.4 Å². The maximum Gasteiger partial charge on any atom is 0.257 e. The van der Waals surface area contributed by atoms with Crippen LogP contribution in [0.3, 0.4) is 0 Å². The number of hydrogen-bond donors (Lipinski definition) is 3. The largest absolute Gasteiger partial charge is 0.388 e. The van der Waals surface area contributed by atoms with Gasteiger partial charge in [-0.3, -0.25) is 19.3 Å². The normalized spacial score (nSPS) is 22.4. The highest BCUT2D eigenvalue weighted by atomic mass is 19.1. The van der Waals surface area contributed by atoms with E-state index in [0.717, 1.165) is 11.1 Å². The lowest BCUT2D eigenvalue weighted by Gasteiger charge is -2.32. The summed E-state index contributed by atoms with van der Waals surface area (Å²) in [6.45, 7) is 5.85. The Hall–Kier alpha value is -3.30. The van der Waals surface area contributed by atoms with E-state index in [2.05, 4.69) is 10.6 Å². The summed E-state index contributed by atoms with van der Waals surface area (Å²) in [7, 11) is 0. The summed E-state index contributed by atoms with van der Waals surface area (Å²) in [5, 5.41) is 16.8. The van der Waals surface area contributed by atoms with E-state index in [1.807, 2.05) is 49.1 Å². The zero-order valence-electron chi connectivity index (χ0n) is 23.4. The number of fused-ring (bicyclic) bond motifs is 3. The maximum absolute atomic E-state index is 14.7. The highest BCUT2D eigenvalue weighted by Gasteiger charge is 2.37. The summed E-state index contributed by atoms with van der Waals surface area (Å²) in [6.07, 6.45) is 2.16. The number of carbonyl (C=O) groups is 3. The Morgan fingerprint density at radius 3 is 2.60 bits per heavy atom. The molecule has 2 aromatic rings. The molecule has 4 rings (SSSR count). The van der Waals surface area contributed by atoms with Gasteiger partial charge in [0, 0.05) is 32.2 Å². The molecular weight excluding hydrogens is 511 g/mol. The van der Waals surface area contributed by atoms with E-state index in [9.17, 15) is 23.9 Å². The second-order valence-electron chi connectivity index (χ2n) is 11.2. The molecule has 2 aromatic carbocycles. The van der Waals surface area contributed by atoms with Gasteiger partial charge in [0.25, 0.3) is 5.91 Å². The van der Waals surface area contributed by atoms with Crippen molar-refractivity contribution in [1.29, 1.82) is 0 Å². The van der Waals surface area contributed by atoms with Crippen molar-refractivity contribution in [3.63, 3.8) is 0 Å². The Morgan fingerprint density at radius 2 is 1.85 bits per heavy atom. The van der Waals surface area contributed by atoms with Crippen LogP contribution in [0.1, 0.15) is 67.1 Å². The standard InChI is InChI=1S/C31H41FN4O4/c1-21(2)26-19-35(17-14-28(37)23-9-4-3-5-10-23)20-29(38)33-15-6-8-22-12-13-25(32)24(18-22)31(40)36-16-7-11-27(36)30(39)34-26/h3-5,9-10,12-13,18,21,26-28,37H,6-8,11,14-17,19-20H2,1-2H3,(H,33,38)(H,34,39)/t26-,27-,28+/m0/s1. The molecule has 3 amide bonds. The minimum Gasteiger partial charge on any atom is -0.388 e. The van der Waals surface area contributed by atoms with Gasteiger partial charge in [-0.1, -0.05) is 50.2 Å². The minimum atomic E-state index is -0.677. The molecule has 40 heavy (non-hydrogen) atoms. The van der Waals surface area contributed by atoms with Gasteiger partial charge in [-0.25, -0.2) is 4.39 Å². The van der Waals surface area contributed by atoms with Crippen LogP contribution >= 0.6 is 0 Å². The second-order valence-corrected chi connectivity index (χ2v) is 11.2. The predicted octanol–water partition coefficient (Wildman–Crippen LogP) is 3.06. The van der Waals surface area contributed by atoms with E-state index >= 15 is 0 Å². The summed E-state index contributed by atoms with van der Waals surface area (Å²) >= 11 is 0. The number of aliphatic hydroxyl groups is 1.